The number of halogens is 3. The fraction of sp³-hybridized carbons (Fsp3) is 0.286. The van der Waals surface area contributed by atoms with Crippen molar-refractivity contribution in [3.8, 4) is 0 Å². The second-order valence-corrected chi connectivity index (χ2v) is 9.97. The SMILES string of the molecule is CS(=O)(=O)c1ccccc1CNC(=O)Cn1c(Cl)cnc(NCC(F)(F)C2=CC=CCN2O)c1=O. The molecule has 3 N–H and O–H groups in total. The van der Waals surface area contributed by atoms with Gasteiger partial charge < -0.3 is 10.6 Å². The zero-order chi connectivity index (χ0) is 25.8. The van der Waals surface area contributed by atoms with Crippen LogP contribution in [0.4, 0.5) is 14.6 Å². The van der Waals surface area contributed by atoms with Gasteiger partial charge in [-0.3, -0.25) is 24.4 Å². The fourth-order valence-electron chi connectivity index (χ4n) is 3.24. The number of aromatic nitrogens is 2. The number of benzene rings is 1. The lowest BCUT2D eigenvalue weighted by molar-refractivity contribution is -0.121. The van der Waals surface area contributed by atoms with Crippen LogP contribution in [0.15, 0.2) is 64.1 Å². The lowest BCUT2D eigenvalue weighted by atomic mass is 10.1. The van der Waals surface area contributed by atoms with Gasteiger partial charge in [0.1, 0.15) is 17.4 Å². The van der Waals surface area contributed by atoms with Crippen molar-refractivity contribution in [2.45, 2.75) is 23.9 Å². The number of carbonyl (C=O) groups is 1. The number of sulfone groups is 1. The number of rotatable bonds is 9. The Morgan fingerprint density at radius 1 is 1.31 bits per heavy atom. The first-order valence-corrected chi connectivity index (χ1v) is 12.4. The molecule has 1 aromatic heterocycles. The van der Waals surface area contributed by atoms with Gasteiger partial charge in [-0.15, -0.1) is 0 Å². The van der Waals surface area contributed by atoms with Crippen molar-refractivity contribution in [2.75, 3.05) is 24.7 Å². The number of anilines is 1. The Morgan fingerprint density at radius 2 is 2.03 bits per heavy atom. The molecule has 0 aliphatic carbocycles. The van der Waals surface area contributed by atoms with Gasteiger partial charge in [-0.05, 0) is 17.7 Å². The molecule has 0 unspecified atom stereocenters. The van der Waals surface area contributed by atoms with Crippen molar-refractivity contribution in [2.24, 2.45) is 0 Å². The van der Waals surface area contributed by atoms with Crippen LogP contribution < -0.4 is 16.2 Å². The number of allylic oxidation sites excluding steroid dienone is 2. The molecule has 1 amide bonds. The van der Waals surface area contributed by atoms with E-state index >= 15 is 0 Å². The maximum absolute atomic E-state index is 14.5. The molecule has 0 radical (unpaired) electrons. The van der Waals surface area contributed by atoms with E-state index in [-0.39, 0.29) is 23.1 Å². The number of hydrogen-bond acceptors (Lipinski definition) is 8. The first kappa shape index (κ1) is 26.3. The second kappa shape index (κ2) is 10.5. The first-order valence-electron chi connectivity index (χ1n) is 10.2. The lowest BCUT2D eigenvalue weighted by Crippen LogP contribution is -2.40. The zero-order valence-corrected chi connectivity index (χ0v) is 20.0. The summed E-state index contributed by atoms with van der Waals surface area (Å²) in [5.74, 6) is -4.68. The molecule has 0 atom stereocenters. The van der Waals surface area contributed by atoms with Crippen LogP contribution in [0.1, 0.15) is 5.56 Å². The molecule has 1 aromatic carbocycles. The normalized spacial score (nSPS) is 14.0. The quantitative estimate of drug-likeness (QED) is 0.448. The third-order valence-electron chi connectivity index (χ3n) is 4.95. The summed E-state index contributed by atoms with van der Waals surface area (Å²) in [7, 11) is -3.52. The standard InChI is InChI=1S/C21H22ClF2N5O5S/c1-35(33,34)15-7-3-2-6-14(15)10-25-18(30)12-28-17(22)11-26-19(20(28)31)27-13-21(23,24)16-8-4-5-9-29(16)32/h2-8,11,32H,9-10,12-13H2,1H3,(H,25,30)(H,26,27). The van der Waals surface area contributed by atoms with Crippen LogP contribution in [0, 0.1) is 0 Å². The summed E-state index contributed by atoms with van der Waals surface area (Å²) in [4.78, 5) is 28.9. The highest BCUT2D eigenvalue weighted by Crippen LogP contribution is 2.28. The monoisotopic (exact) mass is 529 g/mol. The summed E-state index contributed by atoms with van der Waals surface area (Å²) >= 11 is 5.99. The van der Waals surface area contributed by atoms with Crippen LogP contribution in [0.25, 0.3) is 0 Å². The predicted molar refractivity (Wildman–Crippen MR) is 124 cm³/mol. The molecular weight excluding hydrogens is 508 g/mol. The number of nitrogens with zero attached hydrogens (tertiary/aromatic N) is 3. The van der Waals surface area contributed by atoms with E-state index in [2.05, 4.69) is 15.6 Å². The Bertz CT molecular complexity index is 1340. The van der Waals surface area contributed by atoms with Gasteiger partial charge in [-0.2, -0.15) is 8.78 Å². The summed E-state index contributed by atoms with van der Waals surface area (Å²) in [6, 6.07) is 6.11. The van der Waals surface area contributed by atoms with E-state index in [0.717, 1.165) is 23.1 Å². The van der Waals surface area contributed by atoms with Crippen LogP contribution in [-0.4, -0.2) is 59.4 Å². The van der Waals surface area contributed by atoms with E-state index in [1.54, 1.807) is 12.1 Å². The minimum atomic E-state index is -3.54. The van der Waals surface area contributed by atoms with E-state index in [1.807, 2.05) is 0 Å². The molecule has 0 spiro atoms. The summed E-state index contributed by atoms with van der Waals surface area (Å²) in [5, 5.41) is 14.6. The largest absolute Gasteiger partial charge is 0.359 e. The van der Waals surface area contributed by atoms with Gasteiger partial charge in [0.05, 0.1) is 24.2 Å². The van der Waals surface area contributed by atoms with E-state index < -0.39 is 51.8 Å². The number of hydrogen-bond donors (Lipinski definition) is 3. The van der Waals surface area contributed by atoms with Crippen molar-refractivity contribution in [1.29, 1.82) is 0 Å². The molecule has 0 saturated carbocycles. The Labute approximate surface area is 204 Å². The highest BCUT2D eigenvalue weighted by atomic mass is 35.5. The average molecular weight is 530 g/mol. The van der Waals surface area contributed by atoms with Crippen molar-refractivity contribution in [3.63, 3.8) is 0 Å². The molecule has 1 aliphatic heterocycles. The summed E-state index contributed by atoms with van der Waals surface area (Å²) in [6.45, 7) is -1.86. The van der Waals surface area contributed by atoms with Gasteiger partial charge in [0.2, 0.25) is 5.91 Å². The molecular formula is C21H22ClF2N5O5S. The van der Waals surface area contributed by atoms with E-state index in [4.69, 9.17) is 11.6 Å². The summed E-state index contributed by atoms with van der Waals surface area (Å²) < 4.78 is 53.6. The van der Waals surface area contributed by atoms with Crippen molar-refractivity contribution in [3.05, 3.63) is 75.5 Å². The lowest BCUT2D eigenvalue weighted by Gasteiger charge is -2.28. The number of nitrogens with one attached hydrogen (secondary N) is 2. The second-order valence-electron chi connectivity index (χ2n) is 7.60. The maximum atomic E-state index is 14.5. The van der Waals surface area contributed by atoms with Crippen LogP contribution in [0.3, 0.4) is 0 Å². The van der Waals surface area contributed by atoms with Gasteiger partial charge in [0.15, 0.2) is 15.7 Å². The van der Waals surface area contributed by atoms with Crippen molar-refractivity contribution >= 4 is 33.2 Å². The topological polar surface area (TPSA) is 134 Å². The zero-order valence-electron chi connectivity index (χ0n) is 18.4. The minimum absolute atomic E-state index is 0.0526. The molecule has 2 heterocycles. The summed E-state index contributed by atoms with van der Waals surface area (Å²) in [5.41, 5.74) is -1.22. The van der Waals surface area contributed by atoms with Gasteiger partial charge in [0, 0.05) is 12.8 Å². The Kier molecular flexibility index (Phi) is 7.93. The maximum Gasteiger partial charge on any atom is 0.306 e. The Morgan fingerprint density at radius 3 is 2.71 bits per heavy atom. The van der Waals surface area contributed by atoms with Crippen LogP contribution >= 0.6 is 11.6 Å². The van der Waals surface area contributed by atoms with Crippen LogP contribution in [0.2, 0.25) is 5.15 Å². The van der Waals surface area contributed by atoms with Crippen molar-refractivity contribution in [1.82, 2.24) is 19.9 Å². The van der Waals surface area contributed by atoms with Crippen LogP contribution in [0.5, 0.6) is 0 Å². The van der Waals surface area contributed by atoms with Crippen molar-refractivity contribution < 1.29 is 27.2 Å². The van der Waals surface area contributed by atoms with Crippen LogP contribution in [-0.2, 0) is 27.7 Å². The van der Waals surface area contributed by atoms with Gasteiger partial charge in [-0.25, -0.2) is 13.4 Å². The highest BCUT2D eigenvalue weighted by molar-refractivity contribution is 7.90. The average Bonchev–Trinajstić information content (AvgIpc) is 2.79. The predicted octanol–water partition coefficient (Wildman–Crippen LogP) is 1.81. The molecule has 35 heavy (non-hydrogen) atoms. The fourth-order valence-corrected chi connectivity index (χ4v) is 4.37. The molecule has 0 saturated heterocycles. The van der Waals surface area contributed by atoms with Gasteiger partial charge in [0.25, 0.3) is 5.56 Å². The number of hydroxylamine groups is 2. The Balaban J connectivity index is 1.70. The Hall–Kier alpha value is -3.29. The molecule has 3 rings (SSSR count). The van der Waals surface area contributed by atoms with E-state index in [0.29, 0.717) is 10.6 Å². The number of amides is 1. The molecule has 0 bridgehead atoms. The first-order chi connectivity index (χ1) is 16.4. The molecule has 2 aromatic rings. The molecule has 10 nitrogen and oxygen atoms in total. The smallest absolute Gasteiger partial charge is 0.306 e. The third kappa shape index (κ3) is 6.44. The van der Waals surface area contributed by atoms with Gasteiger partial charge in [-0.1, -0.05) is 42.0 Å². The molecule has 0 fully saturated rings. The molecule has 188 valence electrons. The minimum Gasteiger partial charge on any atom is -0.359 e. The molecule has 1 aliphatic rings. The third-order valence-corrected chi connectivity index (χ3v) is 6.45. The number of alkyl halides is 2. The van der Waals surface area contributed by atoms with E-state index in [9.17, 15) is 32.0 Å². The number of carbonyl (C=O) groups excluding carboxylic acids is 1. The highest BCUT2D eigenvalue weighted by Gasteiger charge is 2.38. The van der Waals surface area contributed by atoms with Gasteiger partial charge >= 0.3 is 5.92 Å². The van der Waals surface area contributed by atoms with E-state index in [1.165, 1.54) is 24.3 Å². The summed E-state index contributed by atoms with van der Waals surface area (Å²) in [6.07, 6.45) is 5.97. The molecule has 14 heteroatoms.